The largest absolute Gasteiger partial charge is 0.495 e. The van der Waals surface area contributed by atoms with Crippen LogP contribution in [0.4, 0.5) is 0 Å². The number of sulfonamides is 1. The van der Waals surface area contributed by atoms with Gasteiger partial charge < -0.3 is 19.5 Å². The maximum absolute atomic E-state index is 12.6. The number of benzene rings is 2. The fraction of sp³-hybridized carbons (Fsp3) is 0.478. The summed E-state index contributed by atoms with van der Waals surface area (Å²) in [6, 6.07) is 12.8. The first-order chi connectivity index (χ1) is 14.8. The molecule has 7 nitrogen and oxygen atoms in total. The van der Waals surface area contributed by atoms with Gasteiger partial charge in [-0.15, -0.1) is 0 Å². The van der Waals surface area contributed by atoms with Gasteiger partial charge in [-0.3, -0.25) is 0 Å². The number of methoxy groups -OCH3 is 1. The predicted octanol–water partition coefficient (Wildman–Crippen LogP) is 3.38. The highest BCUT2D eigenvalue weighted by atomic mass is 32.2. The van der Waals surface area contributed by atoms with Crippen molar-refractivity contribution in [3.05, 3.63) is 48.0 Å². The molecule has 0 aliphatic heterocycles. The van der Waals surface area contributed by atoms with E-state index in [0.717, 1.165) is 17.1 Å². The standard InChI is InChI=1S/C23H34N2O5S/c1-6-29-20-9-7-8-10-21(20)30-14-13-24-18(4)15-19-11-12-22(28-5)23(16-19)31(26,27)25-17(2)3/h7-12,16-18,24-25H,6,13-15H2,1-5H3. The molecule has 0 saturated heterocycles. The zero-order valence-corrected chi connectivity index (χ0v) is 19.8. The van der Waals surface area contributed by atoms with Gasteiger partial charge in [-0.25, -0.2) is 13.1 Å². The van der Waals surface area contributed by atoms with E-state index in [1.54, 1.807) is 26.0 Å². The Bertz CT molecular complexity index is 931. The highest BCUT2D eigenvalue weighted by Gasteiger charge is 2.21. The van der Waals surface area contributed by atoms with Crippen LogP contribution in [-0.2, 0) is 16.4 Å². The Kier molecular flexibility index (Phi) is 9.61. The van der Waals surface area contributed by atoms with Gasteiger partial charge in [0.15, 0.2) is 11.5 Å². The Morgan fingerprint density at radius 1 is 0.968 bits per heavy atom. The third-order valence-electron chi connectivity index (χ3n) is 4.45. The number of para-hydroxylation sites is 2. The Morgan fingerprint density at radius 2 is 1.65 bits per heavy atom. The molecule has 0 radical (unpaired) electrons. The molecular formula is C23H34N2O5S. The zero-order valence-electron chi connectivity index (χ0n) is 19.0. The van der Waals surface area contributed by atoms with Crippen molar-refractivity contribution in [3.63, 3.8) is 0 Å². The molecule has 2 aromatic carbocycles. The van der Waals surface area contributed by atoms with Crippen LogP contribution in [0.1, 0.15) is 33.3 Å². The molecule has 0 saturated carbocycles. The van der Waals surface area contributed by atoms with E-state index in [1.807, 2.05) is 37.3 Å². The van der Waals surface area contributed by atoms with Crippen LogP contribution in [0.15, 0.2) is 47.4 Å². The third kappa shape index (κ3) is 7.72. The van der Waals surface area contributed by atoms with Gasteiger partial charge >= 0.3 is 0 Å². The number of rotatable bonds is 13. The van der Waals surface area contributed by atoms with Crippen LogP contribution in [0.3, 0.4) is 0 Å². The van der Waals surface area contributed by atoms with Crippen LogP contribution in [-0.4, -0.2) is 47.4 Å². The molecule has 2 N–H and O–H groups in total. The van der Waals surface area contributed by atoms with Crippen molar-refractivity contribution in [2.75, 3.05) is 26.9 Å². The molecule has 31 heavy (non-hydrogen) atoms. The highest BCUT2D eigenvalue weighted by molar-refractivity contribution is 7.89. The maximum Gasteiger partial charge on any atom is 0.244 e. The molecule has 1 atom stereocenters. The molecule has 1 unspecified atom stereocenters. The SMILES string of the molecule is CCOc1ccccc1OCCNC(C)Cc1ccc(OC)c(S(=O)(=O)NC(C)C)c1. The van der Waals surface area contributed by atoms with E-state index in [1.165, 1.54) is 7.11 Å². The van der Waals surface area contributed by atoms with Gasteiger partial charge in [0.05, 0.1) is 13.7 Å². The van der Waals surface area contributed by atoms with Crippen molar-refractivity contribution in [2.24, 2.45) is 0 Å². The summed E-state index contributed by atoms with van der Waals surface area (Å²) >= 11 is 0. The maximum atomic E-state index is 12.6. The average Bonchev–Trinajstić information content (AvgIpc) is 2.71. The number of hydrogen-bond acceptors (Lipinski definition) is 6. The summed E-state index contributed by atoms with van der Waals surface area (Å²) in [5.41, 5.74) is 0.910. The van der Waals surface area contributed by atoms with E-state index in [2.05, 4.69) is 17.0 Å². The smallest absolute Gasteiger partial charge is 0.244 e. The molecule has 172 valence electrons. The van der Waals surface area contributed by atoms with Crippen molar-refractivity contribution < 1.29 is 22.6 Å². The molecule has 0 aliphatic rings. The van der Waals surface area contributed by atoms with Gasteiger partial charge in [0.1, 0.15) is 17.3 Å². The van der Waals surface area contributed by atoms with E-state index in [0.29, 0.717) is 31.9 Å². The Labute approximate surface area is 186 Å². The molecule has 2 rings (SSSR count). The number of hydrogen-bond donors (Lipinski definition) is 2. The van der Waals surface area contributed by atoms with Crippen molar-refractivity contribution in [1.82, 2.24) is 10.0 Å². The van der Waals surface area contributed by atoms with Crippen molar-refractivity contribution >= 4 is 10.0 Å². The fourth-order valence-corrected chi connectivity index (χ4v) is 4.64. The molecular weight excluding hydrogens is 416 g/mol. The van der Waals surface area contributed by atoms with Crippen LogP contribution in [0.5, 0.6) is 17.2 Å². The second-order valence-corrected chi connectivity index (χ2v) is 9.23. The number of nitrogens with one attached hydrogen (secondary N) is 2. The van der Waals surface area contributed by atoms with E-state index in [9.17, 15) is 8.42 Å². The van der Waals surface area contributed by atoms with Crippen LogP contribution in [0.25, 0.3) is 0 Å². The van der Waals surface area contributed by atoms with Crippen molar-refractivity contribution in [1.29, 1.82) is 0 Å². The van der Waals surface area contributed by atoms with Crippen LogP contribution < -0.4 is 24.2 Å². The van der Waals surface area contributed by atoms with Gasteiger partial charge in [-0.1, -0.05) is 18.2 Å². The second kappa shape index (κ2) is 11.9. The molecule has 0 bridgehead atoms. The van der Waals surface area contributed by atoms with E-state index < -0.39 is 10.0 Å². The summed E-state index contributed by atoms with van der Waals surface area (Å²) in [7, 11) is -2.18. The monoisotopic (exact) mass is 450 g/mol. The summed E-state index contributed by atoms with van der Waals surface area (Å²) < 4.78 is 44.6. The van der Waals surface area contributed by atoms with Gasteiger partial charge in [-0.2, -0.15) is 0 Å². The summed E-state index contributed by atoms with van der Waals surface area (Å²) in [5, 5.41) is 3.41. The molecule has 0 amide bonds. The number of ether oxygens (including phenoxy) is 3. The van der Waals surface area contributed by atoms with E-state index >= 15 is 0 Å². The normalized spacial score (nSPS) is 12.6. The zero-order chi connectivity index (χ0) is 22.9. The summed E-state index contributed by atoms with van der Waals surface area (Å²) in [5.74, 6) is 1.79. The van der Waals surface area contributed by atoms with Crippen LogP contribution in [0, 0.1) is 0 Å². The lowest BCUT2D eigenvalue weighted by atomic mass is 10.1. The lowest BCUT2D eigenvalue weighted by Crippen LogP contribution is -2.32. The summed E-state index contributed by atoms with van der Waals surface area (Å²) in [4.78, 5) is 0.157. The Balaban J connectivity index is 1.94. The summed E-state index contributed by atoms with van der Waals surface area (Å²) in [6.07, 6.45) is 0.670. The van der Waals surface area contributed by atoms with Crippen molar-refractivity contribution in [2.45, 2.75) is 51.1 Å². The molecule has 0 heterocycles. The molecule has 0 spiro atoms. The predicted molar refractivity (Wildman–Crippen MR) is 123 cm³/mol. The van der Waals surface area contributed by atoms with Crippen LogP contribution >= 0.6 is 0 Å². The van der Waals surface area contributed by atoms with Crippen LogP contribution in [0.2, 0.25) is 0 Å². The summed E-state index contributed by atoms with van der Waals surface area (Å²) in [6.45, 7) is 9.30. The second-order valence-electron chi connectivity index (χ2n) is 7.55. The topological polar surface area (TPSA) is 85.9 Å². The van der Waals surface area contributed by atoms with Gasteiger partial charge in [0.2, 0.25) is 10.0 Å². The van der Waals surface area contributed by atoms with E-state index in [-0.39, 0.29) is 17.0 Å². The minimum atomic E-state index is -3.65. The quantitative estimate of drug-likeness (QED) is 0.455. The minimum absolute atomic E-state index is 0.132. The first-order valence-electron chi connectivity index (χ1n) is 10.5. The van der Waals surface area contributed by atoms with E-state index in [4.69, 9.17) is 14.2 Å². The Hall–Kier alpha value is -2.29. The third-order valence-corrected chi connectivity index (χ3v) is 6.13. The molecule has 0 aliphatic carbocycles. The van der Waals surface area contributed by atoms with Crippen molar-refractivity contribution in [3.8, 4) is 17.2 Å². The molecule has 0 fully saturated rings. The molecule has 0 aromatic heterocycles. The Morgan fingerprint density at radius 3 is 2.26 bits per heavy atom. The molecule has 2 aromatic rings. The first kappa shape index (κ1) is 25.0. The van der Waals surface area contributed by atoms with Gasteiger partial charge in [0, 0.05) is 18.6 Å². The average molecular weight is 451 g/mol. The lowest BCUT2D eigenvalue weighted by molar-refractivity contribution is 0.272. The fourth-order valence-electron chi connectivity index (χ4n) is 3.17. The molecule has 8 heteroatoms. The first-order valence-corrected chi connectivity index (χ1v) is 12.0. The van der Waals surface area contributed by atoms with Gasteiger partial charge in [-0.05, 0) is 63.9 Å². The van der Waals surface area contributed by atoms with Gasteiger partial charge in [0.25, 0.3) is 0 Å². The lowest BCUT2D eigenvalue weighted by Gasteiger charge is -2.17. The minimum Gasteiger partial charge on any atom is -0.495 e. The highest BCUT2D eigenvalue weighted by Crippen LogP contribution is 2.27.